The largest absolute Gasteiger partial charge is 0.473 e. The van der Waals surface area contributed by atoms with E-state index in [-0.39, 0.29) is 13.0 Å². The van der Waals surface area contributed by atoms with Crippen molar-refractivity contribution < 1.29 is 37.2 Å². The van der Waals surface area contributed by atoms with Gasteiger partial charge in [0.2, 0.25) is 0 Å². The summed E-state index contributed by atoms with van der Waals surface area (Å²) in [6.07, 6.45) is 0.198. The smallest absolute Gasteiger partial charge is 0.363 e. The Labute approximate surface area is 157 Å². The number of hydrogen-bond acceptors (Lipinski definition) is 6. The van der Waals surface area contributed by atoms with Crippen LogP contribution in [0.2, 0.25) is 0 Å². The molecule has 26 heavy (non-hydrogen) atoms. The van der Waals surface area contributed by atoms with Crippen molar-refractivity contribution in [3.05, 3.63) is 0 Å². The highest BCUT2D eigenvalue weighted by molar-refractivity contribution is 7.54. The summed E-state index contributed by atoms with van der Waals surface area (Å²) in [6, 6.07) is 0. The van der Waals surface area contributed by atoms with Crippen LogP contribution in [-0.4, -0.2) is 38.5 Å². The summed E-state index contributed by atoms with van der Waals surface area (Å²) >= 11 is 0. The van der Waals surface area contributed by atoms with Crippen molar-refractivity contribution in [1.29, 1.82) is 0 Å². The zero-order chi connectivity index (χ0) is 21.2. The highest BCUT2D eigenvalue weighted by Gasteiger charge is 2.45. The van der Waals surface area contributed by atoms with Gasteiger partial charge < -0.3 is 19.0 Å². The van der Waals surface area contributed by atoms with Crippen LogP contribution in [0.5, 0.6) is 0 Å². The predicted octanol–water partition coefficient (Wildman–Crippen LogP) is 4.84. The second kappa shape index (κ2) is 8.30. The first-order chi connectivity index (χ1) is 11.1. The first-order valence-electron chi connectivity index (χ1n) is 8.50. The molecule has 0 aromatic carbocycles. The third kappa shape index (κ3) is 10.5. The van der Waals surface area contributed by atoms with E-state index in [4.69, 9.17) is 18.3 Å². The quantitative estimate of drug-likeness (QED) is 0.512. The standard InChI is InChI=1S/C16H36O8P2/c1-13(2,3)22-25(17,18)16(9,10)21-12-11-15(7,8)24-26(19,20)23-14(4,5)6/h11-12H2,1-10H3,(H,17,18)(H,19,20). The fourth-order valence-electron chi connectivity index (χ4n) is 1.83. The van der Waals surface area contributed by atoms with Gasteiger partial charge in [0.15, 0.2) is 5.34 Å². The van der Waals surface area contributed by atoms with Gasteiger partial charge in [0, 0.05) is 0 Å². The van der Waals surface area contributed by atoms with Crippen LogP contribution in [-0.2, 0) is 27.4 Å². The molecule has 0 rings (SSSR count). The molecule has 0 spiro atoms. The number of phosphoric acid groups is 1. The molecular formula is C16H36O8P2. The molecule has 0 fully saturated rings. The molecule has 0 aliphatic rings. The van der Waals surface area contributed by atoms with E-state index in [0.717, 1.165) is 0 Å². The molecule has 0 aromatic heterocycles. The van der Waals surface area contributed by atoms with Crippen molar-refractivity contribution in [3.63, 3.8) is 0 Å². The van der Waals surface area contributed by atoms with Crippen molar-refractivity contribution in [2.24, 2.45) is 0 Å². The van der Waals surface area contributed by atoms with Crippen LogP contribution in [0.1, 0.15) is 75.7 Å². The Morgan fingerprint density at radius 1 is 0.731 bits per heavy atom. The van der Waals surface area contributed by atoms with E-state index in [2.05, 4.69) is 0 Å². The molecule has 0 saturated heterocycles. The van der Waals surface area contributed by atoms with Crippen LogP contribution < -0.4 is 0 Å². The summed E-state index contributed by atoms with van der Waals surface area (Å²) in [6.45, 7) is 16.1. The third-order valence-electron chi connectivity index (χ3n) is 2.99. The molecule has 158 valence electrons. The SMILES string of the molecule is CC(C)(C)OP(=O)(O)OC(C)(C)CCOC(C)(C)P(=O)(O)OC(C)(C)C. The van der Waals surface area contributed by atoms with Gasteiger partial charge >= 0.3 is 15.4 Å². The lowest BCUT2D eigenvalue weighted by atomic mass is 10.1. The number of rotatable bonds is 9. The molecule has 2 unspecified atom stereocenters. The third-order valence-corrected chi connectivity index (χ3v) is 6.78. The number of ether oxygens (including phenoxy) is 1. The van der Waals surface area contributed by atoms with Gasteiger partial charge in [-0.3, -0.25) is 13.6 Å². The Kier molecular flexibility index (Phi) is 8.37. The van der Waals surface area contributed by atoms with Crippen molar-refractivity contribution in [2.75, 3.05) is 6.61 Å². The lowest BCUT2D eigenvalue weighted by Gasteiger charge is -2.35. The molecule has 2 atom stereocenters. The maximum atomic E-state index is 12.5. The van der Waals surface area contributed by atoms with E-state index in [0.29, 0.717) is 0 Å². The Bertz CT molecular complexity index is 558. The Hall–Kier alpha value is 0.220. The zero-order valence-electron chi connectivity index (χ0n) is 17.7. The average molecular weight is 418 g/mol. The van der Waals surface area contributed by atoms with Crippen molar-refractivity contribution in [3.8, 4) is 0 Å². The number of phosphoric ester groups is 1. The van der Waals surface area contributed by atoms with Gasteiger partial charge in [0.05, 0.1) is 23.4 Å². The first-order valence-corrected chi connectivity index (χ1v) is 11.6. The molecule has 0 aliphatic heterocycles. The van der Waals surface area contributed by atoms with Crippen LogP contribution in [0.25, 0.3) is 0 Å². The average Bonchev–Trinajstić information content (AvgIpc) is 2.17. The molecule has 10 heteroatoms. The van der Waals surface area contributed by atoms with Gasteiger partial charge in [0.25, 0.3) is 0 Å². The van der Waals surface area contributed by atoms with Crippen LogP contribution in [0.3, 0.4) is 0 Å². The molecule has 2 N–H and O–H groups in total. The fraction of sp³-hybridized carbons (Fsp3) is 1.00. The van der Waals surface area contributed by atoms with E-state index in [9.17, 15) is 18.9 Å². The molecular weight excluding hydrogens is 382 g/mol. The first kappa shape index (κ1) is 26.2. The van der Waals surface area contributed by atoms with Gasteiger partial charge in [-0.05, 0) is 75.7 Å². The maximum absolute atomic E-state index is 12.5. The second-order valence-electron chi connectivity index (χ2n) is 9.29. The molecule has 0 heterocycles. The summed E-state index contributed by atoms with van der Waals surface area (Å²) in [5, 5.41) is -1.44. The van der Waals surface area contributed by atoms with Crippen LogP contribution >= 0.6 is 15.4 Å². The van der Waals surface area contributed by atoms with Gasteiger partial charge in [-0.1, -0.05) is 0 Å². The molecule has 0 amide bonds. The van der Waals surface area contributed by atoms with Crippen molar-refractivity contribution >= 4 is 15.4 Å². The van der Waals surface area contributed by atoms with Crippen molar-refractivity contribution in [1.82, 2.24) is 0 Å². The maximum Gasteiger partial charge on any atom is 0.473 e. The van der Waals surface area contributed by atoms with E-state index >= 15 is 0 Å². The minimum atomic E-state index is -4.26. The van der Waals surface area contributed by atoms with Gasteiger partial charge in [-0.15, -0.1) is 0 Å². The van der Waals surface area contributed by atoms with E-state index in [1.807, 2.05) is 0 Å². The summed E-state index contributed by atoms with van der Waals surface area (Å²) < 4.78 is 45.7. The molecule has 0 aromatic rings. The van der Waals surface area contributed by atoms with Crippen LogP contribution in [0, 0.1) is 0 Å². The number of hydrogen-bond donors (Lipinski definition) is 2. The van der Waals surface area contributed by atoms with Crippen LogP contribution in [0.4, 0.5) is 0 Å². The Balaban J connectivity index is 4.83. The highest BCUT2D eigenvalue weighted by Crippen LogP contribution is 2.58. The second-order valence-corrected chi connectivity index (χ2v) is 12.9. The summed E-state index contributed by atoms with van der Waals surface area (Å²) in [5.74, 6) is 0. The highest BCUT2D eigenvalue weighted by atomic mass is 31.2. The molecule has 0 radical (unpaired) electrons. The topological polar surface area (TPSA) is 112 Å². The van der Waals surface area contributed by atoms with Crippen molar-refractivity contribution in [2.45, 2.75) is 97.8 Å². The Morgan fingerprint density at radius 2 is 1.15 bits per heavy atom. The van der Waals surface area contributed by atoms with Crippen LogP contribution in [0.15, 0.2) is 0 Å². The molecule has 0 saturated carbocycles. The summed E-state index contributed by atoms with van der Waals surface area (Å²) in [4.78, 5) is 20.1. The summed E-state index contributed by atoms with van der Waals surface area (Å²) in [5.41, 5.74) is -2.69. The lowest BCUT2D eigenvalue weighted by molar-refractivity contribution is -0.0356. The minimum Gasteiger partial charge on any atom is -0.363 e. The normalized spacial score (nSPS) is 19.1. The summed E-state index contributed by atoms with van der Waals surface area (Å²) in [7, 11) is -8.32. The molecule has 8 nitrogen and oxygen atoms in total. The van der Waals surface area contributed by atoms with Gasteiger partial charge in [0.1, 0.15) is 0 Å². The molecule has 0 bridgehead atoms. The fourth-order valence-corrected chi connectivity index (χ4v) is 4.49. The van der Waals surface area contributed by atoms with E-state index < -0.39 is 37.6 Å². The molecule has 0 aliphatic carbocycles. The van der Waals surface area contributed by atoms with Gasteiger partial charge in [-0.2, -0.15) is 0 Å². The predicted molar refractivity (Wildman–Crippen MR) is 101 cm³/mol. The minimum absolute atomic E-state index is 0.0214. The van der Waals surface area contributed by atoms with E-state index in [1.54, 1.807) is 55.4 Å². The van der Waals surface area contributed by atoms with E-state index in [1.165, 1.54) is 13.8 Å². The zero-order valence-corrected chi connectivity index (χ0v) is 19.4. The lowest BCUT2D eigenvalue weighted by Crippen LogP contribution is -2.33. The Morgan fingerprint density at radius 3 is 1.54 bits per heavy atom. The monoisotopic (exact) mass is 418 g/mol. The van der Waals surface area contributed by atoms with Gasteiger partial charge in [-0.25, -0.2) is 4.57 Å².